The summed E-state index contributed by atoms with van der Waals surface area (Å²) >= 11 is 0. The lowest BCUT2D eigenvalue weighted by Crippen LogP contribution is -2.32. The maximum Gasteiger partial charge on any atom is 0.169 e. The third-order valence-electron chi connectivity index (χ3n) is 11.3. The molecule has 2 N–H and O–H groups in total. The van der Waals surface area contributed by atoms with Gasteiger partial charge >= 0.3 is 0 Å². The highest BCUT2D eigenvalue weighted by atomic mass is 14.9. The van der Waals surface area contributed by atoms with Gasteiger partial charge in [-0.3, -0.25) is 0 Å². The Kier molecular flexibility index (Phi) is 11.3. The van der Waals surface area contributed by atoms with E-state index in [-0.39, 0.29) is 0 Å². The van der Waals surface area contributed by atoms with Gasteiger partial charge in [0.15, 0.2) is 75.8 Å². The molecule has 9 rings (SSSR count). The van der Waals surface area contributed by atoms with Gasteiger partial charge in [0, 0.05) is 92.9 Å². The van der Waals surface area contributed by atoms with Crippen LogP contribution >= 0.6 is 0 Å². The molecule has 0 spiro atoms. The van der Waals surface area contributed by atoms with Crippen molar-refractivity contribution in [3.8, 4) is 44.5 Å². The van der Waals surface area contributed by atoms with Gasteiger partial charge < -0.3 is 9.97 Å². The first-order valence-electron chi connectivity index (χ1n) is 21.7. The molecule has 9 heterocycles. The average Bonchev–Trinajstić information content (AvgIpc) is 4.11. The van der Waals surface area contributed by atoms with Gasteiger partial charge in [0.1, 0.15) is 0 Å². The Morgan fingerprint density at radius 1 is 0.359 bits per heavy atom. The van der Waals surface area contributed by atoms with E-state index in [1.165, 1.54) is 0 Å². The Labute approximate surface area is 375 Å². The molecular weight excluding hydrogens is 785 g/mol. The van der Waals surface area contributed by atoms with E-state index < -0.39 is 0 Å². The van der Waals surface area contributed by atoms with Crippen molar-refractivity contribution in [2.75, 3.05) is 0 Å². The Morgan fingerprint density at radius 2 is 0.594 bits per heavy atom. The van der Waals surface area contributed by atoms with Gasteiger partial charge in [-0.1, -0.05) is 26.3 Å². The number of hydrogen-bond acceptors (Lipinski definition) is 2. The van der Waals surface area contributed by atoms with Gasteiger partial charge in [-0.05, 0) is 121 Å². The van der Waals surface area contributed by atoms with Crippen molar-refractivity contribution >= 4 is 46.4 Å². The zero-order valence-corrected chi connectivity index (χ0v) is 37.2. The zero-order chi connectivity index (χ0) is 44.5. The predicted molar refractivity (Wildman–Crippen MR) is 261 cm³/mol. The molecule has 0 fully saturated rings. The summed E-state index contributed by atoms with van der Waals surface area (Å²) in [5, 5.41) is 0. The van der Waals surface area contributed by atoms with E-state index in [1.54, 1.807) is 0 Å². The third kappa shape index (κ3) is 8.76. The minimum absolute atomic E-state index is 0.741. The molecule has 8 bridgehead atoms. The molecule has 8 nitrogen and oxygen atoms in total. The normalized spacial score (nSPS) is 11.8. The minimum Gasteiger partial charge on any atom is -0.354 e. The Morgan fingerprint density at radius 3 is 0.875 bits per heavy atom. The lowest BCUT2D eigenvalue weighted by molar-refractivity contribution is -0.689. The minimum atomic E-state index is 0.741. The molecule has 0 unspecified atom stereocenters. The molecule has 64 heavy (non-hydrogen) atoms. The second-order valence-corrected chi connectivity index (χ2v) is 17.4. The van der Waals surface area contributed by atoms with Crippen LogP contribution in [-0.4, -0.2) is 19.9 Å². The lowest BCUT2D eigenvalue weighted by Gasteiger charge is -2.07. The molecule has 0 atom stereocenters. The summed E-state index contributed by atoms with van der Waals surface area (Å²) in [4.78, 5) is 18.7. The summed E-state index contributed by atoms with van der Waals surface area (Å²) in [6, 6.07) is 26.0. The molecule has 314 valence electrons. The van der Waals surface area contributed by atoms with Gasteiger partial charge in [0.2, 0.25) is 0 Å². The van der Waals surface area contributed by atoms with Crippen molar-refractivity contribution < 1.29 is 18.3 Å². The quantitative estimate of drug-likeness (QED) is 0.0950. The fourth-order valence-electron chi connectivity index (χ4n) is 8.58. The van der Waals surface area contributed by atoms with Gasteiger partial charge in [-0.2, -0.15) is 0 Å². The lowest BCUT2D eigenvalue weighted by atomic mass is 10.0. The van der Waals surface area contributed by atoms with Crippen molar-refractivity contribution in [1.82, 2.24) is 19.9 Å². The van der Waals surface area contributed by atoms with E-state index in [2.05, 4.69) is 208 Å². The van der Waals surface area contributed by atoms with Gasteiger partial charge in [0.05, 0.1) is 22.8 Å². The van der Waals surface area contributed by atoms with Crippen LogP contribution in [0.25, 0.3) is 90.9 Å². The van der Waals surface area contributed by atoms with Crippen LogP contribution < -0.4 is 18.3 Å². The SMILES string of the molecule is C=C(C)C[n+]1ccc(-c2c3nc(c(-c4cc[n+](CC(=C)C)cc4)c4ccc([nH]4)c(-c4cc[n+](CC(=C)C)cc4)c4ccc([nH]4)c(-c4cc[n+](CC(=C)C)cc4)c4nc2C=C4)C=C3)cc1. The van der Waals surface area contributed by atoms with Crippen molar-refractivity contribution in [2.45, 2.75) is 53.9 Å². The number of pyridine rings is 4. The molecule has 0 saturated heterocycles. The molecule has 7 aromatic heterocycles. The van der Waals surface area contributed by atoms with Crippen LogP contribution in [0, 0.1) is 0 Å². The number of allylic oxidation sites excluding steroid dienone is 4. The van der Waals surface area contributed by atoms with Gasteiger partial charge in [-0.25, -0.2) is 28.2 Å². The van der Waals surface area contributed by atoms with Crippen molar-refractivity contribution in [1.29, 1.82) is 0 Å². The number of nitrogens with one attached hydrogen (secondary N) is 2. The maximum atomic E-state index is 5.48. The smallest absolute Gasteiger partial charge is 0.169 e. The second-order valence-electron chi connectivity index (χ2n) is 17.4. The summed E-state index contributed by atoms with van der Waals surface area (Å²) in [6.45, 7) is 27.7. The first-order chi connectivity index (χ1) is 30.9. The molecule has 2 aliphatic heterocycles. The van der Waals surface area contributed by atoms with E-state index >= 15 is 0 Å². The van der Waals surface area contributed by atoms with Crippen LogP contribution in [0.4, 0.5) is 0 Å². The molecule has 0 saturated carbocycles. The standard InChI is InChI=1S/C56H53N8/c1-37(2)33-61-25-17-41(18-26-61)53-45-9-11-47(57-45)54(42-19-27-62(28-20-42)34-38(3)4)49-13-15-51(59-49)56(44-23-31-64(32-24-44)36-40(7)8)52-16-14-50(60-52)55(48-12-10-46(53)58-48)43-21-29-63(30-22-43)35-39(5)6/h9-32H,1,3,5,7,33-36H2,2,4,6,8H3,(H,57,58,59,60)/q+3/p+1. The number of H-pyrrole nitrogens is 2. The van der Waals surface area contributed by atoms with Crippen LogP contribution in [0.15, 0.2) is 171 Å². The van der Waals surface area contributed by atoms with Crippen LogP contribution in [0.3, 0.4) is 0 Å². The Bertz CT molecular complexity index is 3070. The number of rotatable bonds is 12. The van der Waals surface area contributed by atoms with Crippen LogP contribution in [0.5, 0.6) is 0 Å². The molecule has 0 radical (unpaired) electrons. The summed E-state index contributed by atoms with van der Waals surface area (Å²) in [5.41, 5.74) is 19.8. The largest absolute Gasteiger partial charge is 0.354 e. The van der Waals surface area contributed by atoms with E-state index in [4.69, 9.17) is 9.97 Å². The molecular formula is C56H54N8+4. The summed E-state index contributed by atoms with van der Waals surface area (Å²) in [5.74, 6) is 0. The fourth-order valence-corrected chi connectivity index (χ4v) is 8.58. The molecule has 0 amide bonds. The number of aromatic amines is 2. The van der Waals surface area contributed by atoms with Crippen LogP contribution in [0.2, 0.25) is 0 Å². The van der Waals surface area contributed by atoms with Gasteiger partial charge in [-0.15, -0.1) is 0 Å². The average molecular weight is 839 g/mol. The first kappa shape index (κ1) is 41.5. The van der Waals surface area contributed by atoms with Gasteiger partial charge in [0.25, 0.3) is 0 Å². The number of hydrogen-bond donors (Lipinski definition) is 2. The number of fused-ring (bicyclic) bond motifs is 8. The Balaban J connectivity index is 1.38. The summed E-state index contributed by atoms with van der Waals surface area (Å²) < 4.78 is 8.60. The molecule has 7 aromatic rings. The van der Waals surface area contributed by atoms with E-state index in [0.717, 1.165) is 138 Å². The highest BCUT2D eigenvalue weighted by molar-refractivity contribution is 6.00. The predicted octanol–water partition coefficient (Wildman–Crippen LogP) is 10.8. The van der Waals surface area contributed by atoms with E-state index in [0.29, 0.717) is 0 Å². The van der Waals surface area contributed by atoms with Crippen molar-refractivity contribution in [3.05, 3.63) is 194 Å². The number of aromatic nitrogens is 8. The first-order valence-corrected chi connectivity index (χ1v) is 21.7. The topological polar surface area (TPSA) is 72.9 Å². The van der Waals surface area contributed by atoms with Crippen LogP contribution in [-0.2, 0) is 26.2 Å². The van der Waals surface area contributed by atoms with Crippen molar-refractivity contribution in [3.63, 3.8) is 0 Å². The zero-order valence-electron chi connectivity index (χ0n) is 37.2. The summed E-state index contributed by atoms with van der Waals surface area (Å²) in [7, 11) is 0. The highest BCUT2D eigenvalue weighted by Crippen LogP contribution is 2.38. The molecule has 0 aromatic carbocycles. The molecule has 8 heteroatoms. The Hall–Kier alpha value is -7.84. The molecule has 2 aliphatic rings. The maximum absolute atomic E-state index is 5.48. The monoisotopic (exact) mass is 838 g/mol. The summed E-state index contributed by atoms with van der Waals surface area (Å²) in [6.07, 6.45) is 25.4. The van der Waals surface area contributed by atoms with Crippen LogP contribution in [0.1, 0.15) is 50.5 Å². The second kappa shape index (κ2) is 17.5. The highest BCUT2D eigenvalue weighted by Gasteiger charge is 2.21. The fraction of sp³-hybridized carbons (Fsp3) is 0.143. The van der Waals surface area contributed by atoms with E-state index in [1.807, 2.05) is 20.8 Å². The third-order valence-corrected chi connectivity index (χ3v) is 11.3. The van der Waals surface area contributed by atoms with Crippen molar-refractivity contribution in [2.24, 2.45) is 0 Å². The molecule has 0 aliphatic carbocycles. The number of nitrogens with zero attached hydrogens (tertiary/aromatic N) is 6. The van der Waals surface area contributed by atoms with E-state index in [9.17, 15) is 0 Å².